The second kappa shape index (κ2) is 9.23. The van der Waals surface area contributed by atoms with Crippen LogP contribution in [0.1, 0.15) is 42.7 Å². The fourth-order valence-corrected chi connectivity index (χ4v) is 3.78. The van der Waals surface area contributed by atoms with Crippen LogP contribution < -0.4 is 15.4 Å². The number of nitrogens with zero attached hydrogens (tertiary/aromatic N) is 3. The SMILES string of the molecule is Cc1cc(-c2ccn3nc(Nc4ccc(C(=O)NC5CC5)c(F)c4)cc3c2)c(OCC(C)(C)O)cn1. The Hall–Kier alpha value is -3.98. The molecule has 4 aromatic rings. The van der Waals surface area contributed by atoms with Crippen LogP contribution in [0.3, 0.4) is 0 Å². The Labute approximate surface area is 208 Å². The predicted molar refractivity (Wildman–Crippen MR) is 135 cm³/mol. The molecule has 0 bridgehead atoms. The van der Waals surface area contributed by atoms with E-state index in [2.05, 4.69) is 20.7 Å². The minimum atomic E-state index is -0.975. The maximum absolute atomic E-state index is 14.6. The average Bonchev–Trinajstić information content (AvgIpc) is 3.53. The molecule has 5 rings (SSSR count). The Morgan fingerprint density at radius 1 is 1.22 bits per heavy atom. The Bertz CT molecular complexity index is 1440. The van der Waals surface area contributed by atoms with Crippen LogP contribution in [0.4, 0.5) is 15.9 Å². The molecule has 1 saturated carbocycles. The normalized spacial score (nSPS) is 13.6. The molecule has 36 heavy (non-hydrogen) atoms. The smallest absolute Gasteiger partial charge is 0.254 e. The number of aryl methyl sites for hydroxylation is 1. The molecule has 3 aromatic heterocycles. The molecule has 0 atom stereocenters. The van der Waals surface area contributed by atoms with Gasteiger partial charge >= 0.3 is 0 Å². The van der Waals surface area contributed by atoms with Crippen LogP contribution >= 0.6 is 0 Å². The van der Waals surface area contributed by atoms with Gasteiger partial charge in [-0.15, -0.1) is 0 Å². The number of carbonyl (C=O) groups is 1. The molecule has 0 spiro atoms. The van der Waals surface area contributed by atoms with Crippen LogP contribution in [0.15, 0.2) is 54.9 Å². The lowest BCUT2D eigenvalue weighted by atomic mass is 10.1. The molecule has 0 saturated heterocycles. The van der Waals surface area contributed by atoms with Gasteiger partial charge in [0.15, 0.2) is 5.82 Å². The summed E-state index contributed by atoms with van der Waals surface area (Å²) < 4.78 is 22.1. The summed E-state index contributed by atoms with van der Waals surface area (Å²) in [5.74, 6) is 0.132. The first kappa shape index (κ1) is 23.7. The van der Waals surface area contributed by atoms with Crippen LogP contribution in [-0.2, 0) is 0 Å². The van der Waals surface area contributed by atoms with Crippen LogP contribution in [0, 0.1) is 12.7 Å². The van der Waals surface area contributed by atoms with Crippen molar-refractivity contribution in [1.29, 1.82) is 0 Å². The van der Waals surface area contributed by atoms with Crippen molar-refractivity contribution >= 4 is 22.9 Å². The molecular weight excluding hydrogens is 461 g/mol. The number of nitrogens with one attached hydrogen (secondary N) is 2. The summed E-state index contributed by atoms with van der Waals surface area (Å²) in [6, 6.07) is 12.3. The second-order valence-electron chi connectivity index (χ2n) is 9.80. The number of hydrogen-bond donors (Lipinski definition) is 3. The third-order valence-electron chi connectivity index (χ3n) is 5.76. The van der Waals surface area contributed by atoms with Crippen LogP contribution in [0.2, 0.25) is 0 Å². The first-order valence-electron chi connectivity index (χ1n) is 11.8. The van der Waals surface area contributed by atoms with Gasteiger partial charge in [-0.2, -0.15) is 5.10 Å². The van der Waals surface area contributed by atoms with E-state index in [1.54, 1.807) is 30.6 Å². The number of aromatic nitrogens is 3. The lowest BCUT2D eigenvalue weighted by Gasteiger charge is -2.19. The van der Waals surface area contributed by atoms with Gasteiger partial charge in [0.05, 0.1) is 22.9 Å². The highest BCUT2D eigenvalue weighted by Gasteiger charge is 2.25. The lowest BCUT2D eigenvalue weighted by Crippen LogP contribution is -2.28. The van der Waals surface area contributed by atoms with Crippen molar-refractivity contribution in [3.05, 3.63) is 71.9 Å². The number of amides is 1. The molecule has 9 heteroatoms. The second-order valence-corrected chi connectivity index (χ2v) is 9.80. The molecule has 8 nitrogen and oxygen atoms in total. The molecule has 1 aromatic carbocycles. The summed E-state index contributed by atoms with van der Waals surface area (Å²) in [4.78, 5) is 16.5. The van der Waals surface area contributed by atoms with Crippen molar-refractivity contribution in [2.75, 3.05) is 11.9 Å². The van der Waals surface area contributed by atoms with E-state index >= 15 is 0 Å². The highest BCUT2D eigenvalue weighted by molar-refractivity contribution is 5.95. The van der Waals surface area contributed by atoms with Gasteiger partial charge in [0.25, 0.3) is 5.91 Å². The van der Waals surface area contributed by atoms with Crippen LogP contribution in [0.5, 0.6) is 5.75 Å². The van der Waals surface area contributed by atoms with Gasteiger partial charge in [-0.05, 0) is 75.6 Å². The van der Waals surface area contributed by atoms with Crippen molar-refractivity contribution in [2.45, 2.75) is 45.3 Å². The number of anilines is 2. The molecule has 0 radical (unpaired) electrons. The van der Waals surface area contributed by atoms with Gasteiger partial charge in [-0.1, -0.05) is 0 Å². The summed E-state index contributed by atoms with van der Waals surface area (Å²) >= 11 is 0. The Kier molecular flexibility index (Phi) is 6.09. The number of fused-ring (bicyclic) bond motifs is 1. The Morgan fingerprint density at radius 3 is 2.75 bits per heavy atom. The average molecular weight is 490 g/mol. The molecule has 1 aliphatic carbocycles. The van der Waals surface area contributed by atoms with Crippen LogP contribution in [-0.4, -0.2) is 43.9 Å². The standard InChI is InChI=1S/C27H28FN5O3/c1-16-10-22(24(14-29-16)36-15-27(2,3)35)17-8-9-33-20(11-17)13-25(32-33)30-19-6-7-21(23(28)12-19)26(34)31-18-4-5-18/h6-14,18,35H,4-5,15H2,1-3H3,(H,30,32)(H,31,34). The molecule has 3 N–H and O–H groups in total. The van der Waals surface area contributed by atoms with E-state index in [0.717, 1.165) is 35.2 Å². The molecule has 1 aliphatic rings. The number of ether oxygens (including phenoxy) is 1. The molecule has 3 heterocycles. The summed E-state index contributed by atoms with van der Waals surface area (Å²) in [6.07, 6.45) is 5.38. The number of aliphatic hydroxyl groups is 1. The zero-order chi connectivity index (χ0) is 25.4. The molecule has 1 amide bonds. The van der Waals surface area contributed by atoms with E-state index < -0.39 is 11.4 Å². The summed E-state index contributed by atoms with van der Waals surface area (Å²) in [5.41, 5.74) is 2.96. The Morgan fingerprint density at radius 2 is 2.03 bits per heavy atom. The summed E-state index contributed by atoms with van der Waals surface area (Å²) in [6.45, 7) is 5.40. The van der Waals surface area contributed by atoms with E-state index in [1.807, 2.05) is 37.4 Å². The predicted octanol–water partition coefficient (Wildman–Crippen LogP) is 4.63. The minimum absolute atomic E-state index is 0.0300. The number of rotatable bonds is 8. The summed E-state index contributed by atoms with van der Waals surface area (Å²) in [7, 11) is 0. The third kappa shape index (κ3) is 5.46. The van der Waals surface area contributed by atoms with Gasteiger partial charge in [-0.3, -0.25) is 9.78 Å². The molecular formula is C27H28FN5O3. The van der Waals surface area contributed by atoms with Gasteiger partial charge < -0.3 is 20.5 Å². The van der Waals surface area contributed by atoms with E-state index in [0.29, 0.717) is 17.3 Å². The minimum Gasteiger partial charge on any atom is -0.488 e. The third-order valence-corrected chi connectivity index (χ3v) is 5.76. The van der Waals surface area contributed by atoms with E-state index in [1.165, 1.54) is 12.1 Å². The zero-order valence-corrected chi connectivity index (χ0v) is 20.4. The first-order valence-corrected chi connectivity index (χ1v) is 11.8. The number of halogens is 1. The number of benzene rings is 1. The molecule has 186 valence electrons. The van der Waals surface area contributed by atoms with Gasteiger partial charge in [-0.25, -0.2) is 8.91 Å². The highest BCUT2D eigenvalue weighted by atomic mass is 19.1. The van der Waals surface area contributed by atoms with Gasteiger partial charge in [0, 0.05) is 35.2 Å². The number of carbonyl (C=O) groups excluding carboxylic acids is 1. The van der Waals surface area contributed by atoms with Crippen molar-refractivity contribution in [1.82, 2.24) is 19.9 Å². The quantitative estimate of drug-likeness (QED) is 0.334. The lowest BCUT2D eigenvalue weighted by molar-refractivity contribution is 0.0286. The highest BCUT2D eigenvalue weighted by Crippen LogP contribution is 2.32. The zero-order valence-electron chi connectivity index (χ0n) is 20.4. The van der Waals surface area contributed by atoms with Crippen molar-refractivity contribution < 1.29 is 19.0 Å². The number of hydrogen-bond acceptors (Lipinski definition) is 6. The van der Waals surface area contributed by atoms with Gasteiger partial charge in [0.1, 0.15) is 18.2 Å². The maximum Gasteiger partial charge on any atom is 0.254 e. The van der Waals surface area contributed by atoms with Gasteiger partial charge in [0.2, 0.25) is 0 Å². The summed E-state index contributed by atoms with van der Waals surface area (Å²) in [5, 5.41) is 20.5. The van der Waals surface area contributed by atoms with E-state index in [9.17, 15) is 14.3 Å². The van der Waals surface area contributed by atoms with E-state index in [-0.39, 0.29) is 24.1 Å². The van der Waals surface area contributed by atoms with E-state index in [4.69, 9.17) is 4.74 Å². The molecule has 1 fully saturated rings. The molecule has 0 aliphatic heterocycles. The monoisotopic (exact) mass is 489 g/mol. The maximum atomic E-state index is 14.6. The first-order chi connectivity index (χ1) is 17.1. The number of pyridine rings is 2. The van der Waals surface area contributed by atoms with Crippen molar-refractivity contribution in [3.63, 3.8) is 0 Å². The van der Waals surface area contributed by atoms with Crippen molar-refractivity contribution in [2.24, 2.45) is 0 Å². The fraction of sp³-hybridized carbons (Fsp3) is 0.296. The fourth-order valence-electron chi connectivity index (χ4n) is 3.78. The van der Waals surface area contributed by atoms with Crippen LogP contribution in [0.25, 0.3) is 16.6 Å². The topological polar surface area (TPSA) is 101 Å². The van der Waals surface area contributed by atoms with Crippen molar-refractivity contribution in [3.8, 4) is 16.9 Å². The molecule has 0 unspecified atom stereocenters. The largest absolute Gasteiger partial charge is 0.488 e. The Balaban J connectivity index is 1.37.